The second kappa shape index (κ2) is 43.0. The third-order valence-corrected chi connectivity index (χ3v) is 20.7. The largest absolute Gasteiger partial charge is 0.380 e. The molecule has 23 nitrogen and oxygen atoms in total. The minimum Gasteiger partial charge on any atom is -0.380 e. The van der Waals surface area contributed by atoms with E-state index >= 15 is 0 Å². The van der Waals surface area contributed by atoms with E-state index in [0.29, 0.717) is 38.5 Å². The molecule has 19 aromatic rings. The molecule has 0 bridgehead atoms. The zero-order valence-corrected chi connectivity index (χ0v) is 70.3. The first kappa shape index (κ1) is 83.8. The van der Waals surface area contributed by atoms with Crippen LogP contribution in [-0.4, -0.2) is 98.0 Å². The number of aromatic nitrogens is 16. The molecule has 0 amide bonds. The van der Waals surface area contributed by atoms with Crippen molar-refractivity contribution in [3.63, 3.8) is 0 Å². The Morgan fingerprint density at radius 3 is 1.30 bits per heavy atom. The first-order chi connectivity index (χ1) is 64.0. The molecule has 2 aliphatic rings. The number of benzene rings is 10. The molecule has 129 heavy (non-hydrogen) atoms. The van der Waals surface area contributed by atoms with E-state index in [4.69, 9.17) is 30.2 Å². The lowest BCUT2D eigenvalue weighted by Crippen LogP contribution is -2.18. The predicted octanol–water partition coefficient (Wildman–Crippen LogP) is 21.2. The Morgan fingerprint density at radius 1 is 0.333 bits per heavy atom. The molecule has 23 heteroatoms. The van der Waals surface area contributed by atoms with Gasteiger partial charge in [0.2, 0.25) is 0 Å². The highest BCUT2D eigenvalue weighted by molar-refractivity contribution is 6.14. The number of aliphatic imine (C=N–C) groups is 2. The molecule has 1 aliphatic heterocycles. The summed E-state index contributed by atoms with van der Waals surface area (Å²) in [5.74, 6) is 1.43. The number of anilines is 5. The first-order valence-electron chi connectivity index (χ1n) is 42.3. The van der Waals surface area contributed by atoms with E-state index in [1.54, 1.807) is 65.4 Å². The molecule has 0 fully saturated rings. The van der Waals surface area contributed by atoms with Crippen molar-refractivity contribution in [3.05, 3.63) is 489 Å². The van der Waals surface area contributed by atoms with E-state index in [1.807, 2.05) is 308 Å². The Morgan fingerprint density at radius 2 is 0.775 bits per heavy atom. The molecule has 21 rings (SSSR count). The normalized spacial score (nSPS) is 12.6. The van der Waals surface area contributed by atoms with Crippen molar-refractivity contribution in [1.82, 2.24) is 79.9 Å². The average Bonchev–Trinajstić information content (AvgIpc) is 1.61. The van der Waals surface area contributed by atoms with Crippen molar-refractivity contribution < 1.29 is 0 Å². The summed E-state index contributed by atoms with van der Waals surface area (Å²) in [7, 11) is 0. The molecule has 10 heterocycles. The number of nitrogens with zero attached hydrogens (tertiary/aromatic N) is 18. The second-order valence-corrected chi connectivity index (χ2v) is 29.7. The van der Waals surface area contributed by atoms with Crippen molar-refractivity contribution in [3.8, 4) is 56.5 Å². The van der Waals surface area contributed by atoms with Crippen molar-refractivity contribution in [2.24, 2.45) is 9.98 Å². The Labute approximate surface area is 747 Å². The summed E-state index contributed by atoms with van der Waals surface area (Å²) in [5, 5.41) is 45.0. The van der Waals surface area contributed by atoms with Gasteiger partial charge in [0, 0.05) is 111 Å². The fourth-order valence-electron chi connectivity index (χ4n) is 14.4. The molecular weight excluding hydrogens is 1600 g/mol. The van der Waals surface area contributed by atoms with Crippen LogP contribution in [0.2, 0.25) is 0 Å². The van der Waals surface area contributed by atoms with Crippen LogP contribution in [0.1, 0.15) is 62.8 Å². The van der Waals surface area contributed by atoms with E-state index in [2.05, 4.69) is 151 Å². The van der Waals surface area contributed by atoms with Gasteiger partial charge in [0.1, 0.15) is 45.9 Å². The fraction of sp³-hybridized carbons (Fsp3) is 0.0660. The molecule has 5 N–H and O–H groups in total. The topological polar surface area (TPSA) is 267 Å². The van der Waals surface area contributed by atoms with Crippen molar-refractivity contribution in [1.29, 1.82) is 0 Å². The van der Waals surface area contributed by atoms with Crippen LogP contribution < -0.4 is 26.6 Å². The molecule has 2 atom stereocenters. The van der Waals surface area contributed by atoms with Gasteiger partial charge in [0.25, 0.3) is 0 Å². The SMILES string of the molecule is C1=C(c2ccccc2)c2nn(-c3cccnc3)nc2C1Nc1ccccc1.c1ccc(NCC2=NC(c3cccnc3)=NC2c2ccccc2)cc1.c1ccc(NCc2cc(-c3ccccc3)nc(-c3cccnc3)n2)cc1.c1ccc(NCc2nn(-c3cccnc3)nc2-c2ccccc2)cc1.c1ccc(NCc2nnn(Cc3cccnc3)c2-c2ccccc2)cc1. The summed E-state index contributed by atoms with van der Waals surface area (Å²) >= 11 is 0. The van der Waals surface area contributed by atoms with Gasteiger partial charge in [-0.1, -0.05) is 254 Å². The van der Waals surface area contributed by atoms with E-state index in [9.17, 15) is 0 Å². The smallest absolute Gasteiger partial charge is 0.161 e. The zero-order valence-electron chi connectivity index (χ0n) is 70.3. The van der Waals surface area contributed by atoms with Gasteiger partial charge in [0.05, 0.1) is 74.0 Å². The standard InChI is InChI=1S/C22H17N5.C22H18N4.C21H19N5.C21H18N4.C20H17N5/c1-3-8-16(9-4-1)19-14-20(24-17-10-5-2-6-11-17)22-21(19)25-27(26-22)18-12-7-13-23-15-18;1-3-8-17(9-4-1)21-14-20(16-24-19-11-5-2-6-12-19)25-22(26-21)18-10-7-13-23-15-18;1-3-9-18(10-4-1)21-20(15-23-19-11-5-2-6-12-19)24-25-26(21)16-17-8-7-13-22-14-17;1-3-8-16(9-4-1)20-19(15-23-18-11-5-2-6-12-18)24-21(25-20)17-10-7-13-22-14-17;1-3-8-16(9-4-1)20-19(15-22-17-10-5-2-6-11-17)23-25(24-20)18-12-7-13-21-14-18/h1-15,20,24H;1-15,24H,16H2;1-14,23H,15-16H2;1-14,20,23H,15H2;1-14,22H,15H2. The van der Waals surface area contributed by atoms with Crippen LogP contribution >= 0.6 is 0 Å². The second-order valence-electron chi connectivity index (χ2n) is 29.7. The molecule has 0 radical (unpaired) electrons. The quantitative estimate of drug-likeness (QED) is 0.0356. The van der Waals surface area contributed by atoms with Crippen LogP contribution in [0.4, 0.5) is 28.4 Å². The van der Waals surface area contributed by atoms with Gasteiger partial charge in [-0.2, -0.15) is 10.2 Å². The highest BCUT2D eigenvalue weighted by atomic mass is 15.5. The summed E-state index contributed by atoms with van der Waals surface area (Å²) in [6.07, 6.45) is 19.9. The van der Waals surface area contributed by atoms with Gasteiger partial charge in [-0.15, -0.1) is 24.9 Å². The van der Waals surface area contributed by atoms with Gasteiger partial charge in [-0.05, 0) is 144 Å². The maximum absolute atomic E-state index is 4.86. The lowest BCUT2D eigenvalue weighted by Gasteiger charge is -2.12. The van der Waals surface area contributed by atoms with Crippen LogP contribution in [0, 0.1) is 0 Å². The van der Waals surface area contributed by atoms with Gasteiger partial charge in [-0.25, -0.2) is 19.6 Å². The van der Waals surface area contributed by atoms with Gasteiger partial charge >= 0.3 is 0 Å². The number of amidine groups is 1. The first-order valence-corrected chi connectivity index (χ1v) is 42.3. The minimum absolute atomic E-state index is 0.0389. The highest BCUT2D eigenvalue weighted by Gasteiger charge is 2.31. The lowest BCUT2D eigenvalue weighted by molar-refractivity contribution is 0.653. The van der Waals surface area contributed by atoms with Crippen LogP contribution in [0.15, 0.2) is 448 Å². The number of fused-ring (bicyclic) bond motifs is 1. The molecule has 0 saturated heterocycles. The van der Waals surface area contributed by atoms with E-state index in [0.717, 1.165) is 147 Å². The minimum atomic E-state index is -0.0624. The maximum Gasteiger partial charge on any atom is 0.161 e. The third-order valence-electron chi connectivity index (χ3n) is 20.7. The third kappa shape index (κ3) is 22.7. The summed E-state index contributed by atoms with van der Waals surface area (Å²) in [6.45, 7) is 3.11. The van der Waals surface area contributed by atoms with Crippen molar-refractivity contribution >= 4 is 45.6 Å². The lowest BCUT2D eigenvalue weighted by atomic mass is 10.0. The fourth-order valence-corrected chi connectivity index (χ4v) is 14.4. The summed E-state index contributed by atoms with van der Waals surface area (Å²) in [5.41, 5.74) is 24.9. The summed E-state index contributed by atoms with van der Waals surface area (Å²) in [6, 6.07) is 123. The van der Waals surface area contributed by atoms with Crippen molar-refractivity contribution in [2.45, 2.75) is 38.3 Å². The molecule has 10 aromatic carbocycles. The Kier molecular flexibility index (Phi) is 27.9. The molecule has 9 aromatic heterocycles. The highest BCUT2D eigenvalue weighted by Crippen LogP contribution is 2.39. The molecule has 1 aliphatic carbocycles. The summed E-state index contributed by atoms with van der Waals surface area (Å²) < 4.78 is 1.94. The number of para-hydroxylation sites is 5. The number of nitrogens with one attached hydrogen (secondary N) is 5. The van der Waals surface area contributed by atoms with Crippen molar-refractivity contribution in [2.75, 3.05) is 33.1 Å². The summed E-state index contributed by atoms with van der Waals surface area (Å²) in [4.78, 5) is 43.3. The number of pyridine rings is 5. The molecule has 0 saturated carbocycles. The monoisotopic (exact) mass is 1680 g/mol. The van der Waals surface area contributed by atoms with Gasteiger partial charge in [-0.3, -0.25) is 29.9 Å². The van der Waals surface area contributed by atoms with Gasteiger partial charge < -0.3 is 26.6 Å². The molecule has 2 unspecified atom stereocenters. The zero-order chi connectivity index (χ0) is 87.1. The van der Waals surface area contributed by atoms with Crippen LogP contribution in [0.5, 0.6) is 0 Å². The van der Waals surface area contributed by atoms with E-state index < -0.39 is 0 Å². The molecular formula is C106H89N23. The van der Waals surface area contributed by atoms with Crippen LogP contribution in [-0.2, 0) is 26.2 Å². The Hall–Kier alpha value is -17.5. The average molecular weight is 1690 g/mol. The van der Waals surface area contributed by atoms with Crippen LogP contribution in [0.25, 0.3) is 62.1 Å². The number of hydrogen-bond donors (Lipinski definition) is 5. The van der Waals surface area contributed by atoms with Gasteiger partial charge in [0.15, 0.2) is 11.7 Å². The molecule has 628 valence electrons. The molecule has 0 spiro atoms. The maximum atomic E-state index is 4.86. The van der Waals surface area contributed by atoms with E-state index in [-0.39, 0.29) is 12.1 Å². The Bertz CT molecular complexity index is 6680. The predicted molar refractivity (Wildman–Crippen MR) is 513 cm³/mol. The number of rotatable bonds is 25. The van der Waals surface area contributed by atoms with Crippen LogP contribution in [0.3, 0.4) is 0 Å². The number of hydrogen-bond acceptors (Lipinski definition) is 20. The Balaban J connectivity index is 0.000000113. The van der Waals surface area contributed by atoms with E-state index in [1.165, 1.54) is 0 Å².